The molecule has 0 unspecified atom stereocenters. The lowest BCUT2D eigenvalue weighted by Gasteiger charge is -2.39. The van der Waals surface area contributed by atoms with E-state index >= 15 is 0 Å². The highest BCUT2D eigenvalue weighted by atomic mass is 19.4. The number of hydrogen-bond donors (Lipinski definition) is 5. The van der Waals surface area contributed by atoms with Crippen LogP contribution in [-0.2, 0) is 16.8 Å². The first-order valence-electron chi connectivity index (χ1n) is 9.89. The summed E-state index contributed by atoms with van der Waals surface area (Å²) in [4.78, 5) is 0. The number of halogens is 18. The Labute approximate surface area is 217 Å². The van der Waals surface area contributed by atoms with Crippen molar-refractivity contribution in [2.45, 2.75) is 53.9 Å². The van der Waals surface area contributed by atoms with E-state index in [2.05, 4.69) is 0 Å². The number of nitrogen functional groups attached to an aromatic ring is 2. The van der Waals surface area contributed by atoms with Gasteiger partial charge in [0.05, 0.1) is 0 Å². The second kappa shape index (κ2) is 9.21. The van der Waals surface area contributed by atoms with E-state index in [1.165, 1.54) is 0 Å². The van der Waals surface area contributed by atoms with Gasteiger partial charge < -0.3 is 26.8 Å². The van der Waals surface area contributed by atoms with Crippen LogP contribution in [0.2, 0.25) is 0 Å². The minimum Gasteiger partial charge on any atom is -0.398 e. The summed E-state index contributed by atoms with van der Waals surface area (Å²) in [5, 5.41) is 23.9. The van der Waals surface area contributed by atoms with Gasteiger partial charge in [0.15, 0.2) is 0 Å². The lowest BCUT2D eigenvalue weighted by atomic mass is 9.76. The molecule has 2 aromatic rings. The van der Waals surface area contributed by atoms with Crippen LogP contribution in [-0.4, -0.2) is 52.4 Å². The molecule has 0 spiro atoms. The summed E-state index contributed by atoms with van der Waals surface area (Å²) >= 11 is 0. The van der Waals surface area contributed by atoms with Crippen molar-refractivity contribution in [1.82, 2.24) is 0 Å². The molecule has 23 heteroatoms. The fourth-order valence-electron chi connectivity index (χ4n) is 3.91. The Hall–Kier alpha value is -3.08. The summed E-state index contributed by atoms with van der Waals surface area (Å²) in [6, 6.07) is -2.32. The summed E-state index contributed by atoms with van der Waals surface area (Å²) in [6.45, 7) is 0. The highest BCUT2D eigenvalue weighted by molar-refractivity contribution is 6.02. The molecule has 2 rings (SSSR count). The number of fused-ring (bicyclic) bond motifs is 1. The topological polar surface area (TPSA) is 113 Å². The summed E-state index contributed by atoms with van der Waals surface area (Å²) in [5.74, 6) is 0. The number of anilines is 2. The highest BCUT2D eigenvalue weighted by Crippen LogP contribution is 2.60. The first kappa shape index (κ1) is 35.1. The van der Waals surface area contributed by atoms with E-state index < -0.39 is 98.8 Å². The number of rotatable bonds is 3. The zero-order valence-electron chi connectivity index (χ0n) is 19.0. The Morgan fingerprint density at radius 1 is 0.452 bits per heavy atom. The molecular weight excluding hydrogens is 646 g/mol. The Morgan fingerprint density at radius 2 is 0.762 bits per heavy atom. The second-order valence-electron chi connectivity index (χ2n) is 8.46. The van der Waals surface area contributed by atoms with Gasteiger partial charge in [-0.05, 0) is 17.5 Å². The van der Waals surface area contributed by atoms with E-state index in [9.17, 15) is 94.3 Å². The number of aliphatic hydroxyl groups is 3. The number of nitrogens with two attached hydrogens (primary N) is 2. The molecule has 0 aromatic heterocycles. The van der Waals surface area contributed by atoms with E-state index in [1.54, 1.807) is 0 Å². The molecule has 240 valence electrons. The normalized spacial score (nSPS) is 15.5. The molecule has 0 aliphatic carbocycles. The molecule has 42 heavy (non-hydrogen) atoms. The first-order chi connectivity index (χ1) is 18.2. The zero-order valence-corrected chi connectivity index (χ0v) is 19.0. The van der Waals surface area contributed by atoms with Crippen molar-refractivity contribution < 1.29 is 94.3 Å². The fourth-order valence-corrected chi connectivity index (χ4v) is 3.91. The third kappa shape index (κ3) is 4.59. The maximum absolute atomic E-state index is 13.8. The molecule has 0 aliphatic rings. The molecule has 0 aliphatic heterocycles. The van der Waals surface area contributed by atoms with Gasteiger partial charge in [0.2, 0.25) is 0 Å². The largest absolute Gasteiger partial charge is 0.430 e. The molecule has 0 fully saturated rings. The Bertz CT molecular complexity index is 1320. The van der Waals surface area contributed by atoms with Crippen molar-refractivity contribution in [3.63, 3.8) is 0 Å². The highest BCUT2D eigenvalue weighted by Gasteiger charge is 2.77. The minimum absolute atomic E-state index is 0.315. The van der Waals surface area contributed by atoms with Gasteiger partial charge in [-0.25, -0.2) is 0 Å². The average molecular weight is 656 g/mol. The van der Waals surface area contributed by atoms with Crippen LogP contribution in [0.25, 0.3) is 10.8 Å². The maximum atomic E-state index is 13.8. The molecule has 0 bridgehead atoms. The monoisotopic (exact) mass is 656 g/mol. The third-order valence-corrected chi connectivity index (χ3v) is 5.98. The molecule has 0 saturated heterocycles. The van der Waals surface area contributed by atoms with Crippen molar-refractivity contribution in [2.24, 2.45) is 0 Å². The predicted octanol–water partition coefficient (Wildman–Crippen LogP) is 5.94. The Balaban J connectivity index is 3.64. The summed E-state index contributed by atoms with van der Waals surface area (Å²) in [5.41, 5.74) is -24.9. The van der Waals surface area contributed by atoms with Crippen LogP contribution in [0.15, 0.2) is 18.2 Å². The lowest BCUT2D eigenvalue weighted by molar-refractivity contribution is -0.378. The van der Waals surface area contributed by atoms with Crippen LogP contribution in [0, 0.1) is 0 Å². The van der Waals surface area contributed by atoms with Crippen LogP contribution in [0.1, 0.15) is 16.7 Å². The molecule has 0 heterocycles. The molecule has 0 saturated carbocycles. The Morgan fingerprint density at radius 3 is 1.07 bits per heavy atom. The van der Waals surface area contributed by atoms with E-state index in [-0.39, 0.29) is 12.1 Å². The van der Waals surface area contributed by atoms with E-state index in [1.807, 2.05) is 0 Å². The predicted molar refractivity (Wildman–Crippen MR) is 101 cm³/mol. The second-order valence-corrected chi connectivity index (χ2v) is 8.46. The number of benzene rings is 2. The van der Waals surface area contributed by atoms with Crippen LogP contribution in [0.3, 0.4) is 0 Å². The number of hydrogen-bond acceptors (Lipinski definition) is 5. The molecule has 5 nitrogen and oxygen atoms in total. The van der Waals surface area contributed by atoms with Gasteiger partial charge in [-0.15, -0.1) is 0 Å². The van der Waals surface area contributed by atoms with Gasteiger partial charge in [-0.2, -0.15) is 79.0 Å². The first-order valence-corrected chi connectivity index (χ1v) is 9.89. The molecule has 0 amide bonds. The Kier molecular flexibility index (Phi) is 7.70. The standard InChI is InChI=1S/C19H10F18N2O3/c20-14(21,22)11(40,15(23,24)25)5-3-6(12(41,16(26,27)28)17(29,30)31)10(39)4-1-2-7(38)9(8(4)5)13(42,18(32,33)34)19(35,36)37/h1-3,40-42H,38-39H2. The van der Waals surface area contributed by atoms with Crippen LogP contribution in [0.5, 0.6) is 0 Å². The van der Waals surface area contributed by atoms with E-state index in [0.717, 1.165) is 0 Å². The van der Waals surface area contributed by atoms with Gasteiger partial charge >= 0.3 is 37.1 Å². The van der Waals surface area contributed by atoms with Gasteiger partial charge in [0.1, 0.15) is 0 Å². The van der Waals surface area contributed by atoms with Gasteiger partial charge in [0, 0.05) is 33.5 Å². The zero-order chi connectivity index (χ0) is 33.7. The summed E-state index contributed by atoms with van der Waals surface area (Å²) < 4.78 is 246. The fraction of sp³-hybridized carbons (Fsp3) is 0.474. The lowest BCUT2D eigenvalue weighted by Crippen LogP contribution is -2.57. The summed E-state index contributed by atoms with van der Waals surface area (Å²) in [6.07, 6.45) is -43.5. The van der Waals surface area contributed by atoms with Crippen molar-refractivity contribution in [3.05, 3.63) is 34.9 Å². The third-order valence-electron chi connectivity index (χ3n) is 5.98. The molecule has 2 aromatic carbocycles. The van der Waals surface area contributed by atoms with E-state index in [0.29, 0.717) is 0 Å². The SMILES string of the molecule is Nc1ccc2c(N)c(C(O)(C(F)(F)F)C(F)(F)F)cc(C(O)(C(F)(F)F)C(F)(F)F)c2c1C(O)(C(F)(F)F)C(F)(F)F. The average Bonchev–Trinajstić information content (AvgIpc) is 2.73. The van der Waals surface area contributed by atoms with Crippen LogP contribution in [0.4, 0.5) is 90.4 Å². The van der Waals surface area contributed by atoms with Crippen molar-refractivity contribution >= 4 is 22.1 Å². The van der Waals surface area contributed by atoms with Crippen molar-refractivity contribution in [3.8, 4) is 0 Å². The van der Waals surface area contributed by atoms with Gasteiger partial charge in [0.25, 0.3) is 16.8 Å². The quantitative estimate of drug-likeness (QED) is 0.208. The molecule has 0 radical (unpaired) electrons. The van der Waals surface area contributed by atoms with Gasteiger partial charge in [-0.1, -0.05) is 6.07 Å². The van der Waals surface area contributed by atoms with Crippen LogP contribution < -0.4 is 11.5 Å². The smallest absolute Gasteiger partial charge is 0.398 e. The minimum atomic E-state index is -7.41. The van der Waals surface area contributed by atoms with Crippen molar-refractivity contribution in [1.29, 1.82) is 0 Å². The molecular formula is C19H10F18N2O3. The molecule has 0 atom stereocenters. The number of alkyl halides is 18. The van der Waals surface area contributed by atoms with Crippen molar-refractivity contribution in [2.75, 3.05) is 11.5 Å². The van der Waals surface area contributed by atoms with Crippen LogP contribution >= 0.6 is 0 Å². The van der Waals surface area contributed by atoms with E-state index in [4.69, 9.17) is 11.5 Å². The molecule has 7 N–H and O–H groups in total. The summed E-state index contributed by atoms with van der Waals surface area (Å²) in [7, 11) is 0. The maximum Gasteiger partial charge on any atom is 0.430 e. The van der Waals surface area contributed by atoms with Gasteiger partial charge in [-0.3, -0.25) is 0 Å².